The number of carbonyl (C=O) groups is 1. The molecular weight excluding hydrogens is 525 g/mol. The molecule has 202 valence electrons. The molecular formula is C29H33Cl2N3O4. The van der Waals surface area contributed by atoms with Crippen LogP contribution >= 0.6 is 23.2 Å². The molecule has 0 bridgehead atoms. The van der Waals surface area contributed by atoms with Gasteiger partial charge in [-0.1, -0.05) is 35.3 Å². The number of benzene rings is 2. The number of anilines is 1. The van der Waals surface area contributed by atoms with Gasteiger partial charge in [0.1, 0.15) is 18.5 Å². The van der Waals surface area contributed by atoms with Gasteiger partial charge in [-0.2, -0.15) is 0 Å². The predicted octanol–water partition coefficient (Wildman–Crippen LogP) is 5.69. The van der Waals surface area contributed by atoms with Crippen molar-refractivity contribution in [3.05, 3.63) is 70.3 Å². The molecule has 0 aliphatic carbocycles. The minimum absolute atomic E-state index is 0.133. The number of nitrogens with zero attached hydrogens (tertiary/aromatic N) is 3. The van der Waals surface area contributed by atoms with Gasteiger partial charge < -0.3 is 24.0 Å². The van der Waals surface area contributed by atoms with Gasteiger partial charge in [0.15, 0.2) is 5.79 Å². The molecule has 0 N–H and O–H groups in total. The van der Waals surface area contributed by atoms with E-state index in [1.807, 2.05) is 41.6 Å². The average Bonchev–Trinajstić information content (AvgIpc) is 3.15. The summed E-state index contributed by atoms with van der Waals surface area (Å²) in [5.41, 5.74) is 1.89. The number of piperazine rings is 1. The third-order valence-corrected chi connectivity index (χ3v) is 7.83. The molecule has 1 amide bonds. The zero-order valence-corrected chi connectivity index (χ0v) is 23.0. The summed E-state index contributed by atoms with van der Waals surface area (Å²) in [5, 5.41) is 1.08. The van der Waals surface area contributed by atoms with Crippen molar-refractivity contribution in [2.24, 2.45) is 10.9 Å². The Kier molecular flexibility index (Phi) is 8.58. The molecule has 3 atom stereocenters. The Balaban J connectivity index is 1.22. The molecule has 3 aliphatic heterocycles. The third kappa shape index (κ3) is 6.34. The van der Waals surface area contributed by atoms with E-state index >= 15 is 0 Å². The number of ether oxygens (including phenoxy) is 3. The molecule has 38 heavy (non-hydrogen) atoms. The first-order valence-corrected chi connectivity index (χ1v) is 13.9. The van der Waals surface area contributed by atoms with E-state index in [0.717, 1.165) is 56.0 Å². The monoisotopic (exact) mass is 557 g/mol. The van der Waals surface area contributed by atoms with Crippen LogP contribution in [0, 0.1) is 5.92 Å². The second-order valence-corrected chi connectivity index (χ2v) is 10.8. The molecule has 0 saturated carbocycles. The van der Waals surface area contributed by atoms with Crippen molar-refractivity contribution >= 4 is 41.0 Å². The van der Waals surface area contributed by atoms with E-state index in [-0.39, 0.29) is 17.9 Å². The molecule has 2 aromatic carbocycles. The van der Waals surface area contributed by atoms with Crippen molar-refractivity contribution in [2.75, 3.05) is 44.3 Å². The molecule has 0 radical (unpaired) electrons. The van der Waals surface area contributed by atoms with Crippen LogP contribution in [-0.4, -0.2) is 62.5 Å². The number of allylic oxidation sites excluding steroid dienone is 1. The van der Waals surface area contributed by atoms with Crippen LogP contribution in [0.1, 0.15) is 31.7 Å². The van der Waals surface area contributed by atoms with E-state index in [1.54, 1.807) is 13.0 Å². The van der Waals surface area contributed by atoms with Crippen LogP contribution in [0.3, 0.4) is 0 Å². The molecule has 3 heterocycles. The summed E-state index contributed by atoms with van der Waals surface area (Å²) in [6.07, 6.45) is 8.12. The standard InChI is InChI=1S/C29H33Cl2N3O4/c1-21(35)33-12-14-34(15-13-33)24-6-8-25(9-7-24)36-19-26-20-37-29(38-26,17-22-4-2-3-11-32-18-22)27-10-5-23(30)16-28(27)31/h3,5-11,16,18,22,26H,2,4,12-15,17,19-20H2,1H3. The summed E-state index contributed by atoms with van der Waals surface area (Å²) in [5.74, 6) is 0.0843. The smallest absolute Gasteiger partial charge is 0.219 e. The van der Waals surface area contributed by atoms with Crippen molar-refractivity contribution in [2.45, 2.75) is 38.1 Å². The third-order valence-electron chi connectivity index (χ3n) is 7.29. The fourth-order valence-electron chi connectivity index (χ4n) is 5.22. The van der Waals surface area contributed by atoms with Gasteiger partial charge in [0.25, 0.3) is 0 Å². The summed E-state index contributed by atoms with van der Waals surface area (Å²) < 4.78 is 19.0. The number of halogens is 2. The average molecular weight is 559 g/mol. The number of amides is 1. The maximum Gasteiger partial charge on any atom is 0.219 e. The Bertz CT molecular complexity index is 1180. The summed E-state index contributed by atoms with van der Waals surface area (Å²) in [6.45, 7) is 5.50. The number of aliphatic imine (C=N–C) groups is 1. The Labute approximate surface area is 234 Å². The van der Waals surface area contributed by atoms with Crippen molar-refractivity contribution in [1.82, 2.24) is 4.90 Å². The lowest BCUT2D eigenvalue weighted by molar-refractivity contribution is -0.188. The van der Waals surface area contributed by atoms with E-state index in [1.165, 1.54) is 0 Å². The second kappa shape index (κ2) is 12.1. The summed E-state index contributed by atoms with van der Waals surface area (Å²) in [7, 11) is 0. The Morgan fingerprint density at radius 1 is 1.13 bits per heavy atom. The molecule has 3 unspecified atom stereocenters. The maximum atomic E-state index is 11.6. The van der Waals surface area contributed by atoms with Gasteiger partial charge in [-0.15, -0.1) is 0 Å². The minimum Gasteiger partial charge on any atom is -0.491 e. The molecule has 7 nitrogen and oxygen atoms in total. The number of hydrogen-bond acceptors (Lipinski definition) is 6. The SMILES string of the molecule is CC(=O)N1CCN(c2ccc(OCC3COC(CC4C=NC=CCC4)(c4ccc(Cl)cc4Cl)O3)cc2)CC1. The molecule has 0 spiro atoms. The molecule has 2 saturated heterocycles. The quantitative estimate of drug-likeness (QED) is 0.437. The normalized spacial score (nSPS) is 25.4. The van der Waals surface area contributed by atoms with Gasteiger partial charge in [0, 0.05) is 68.2 Å². The number of carbonyl (C=O) groups excluding carboxylic acids is 1. The summed E-state index contributed by atoms with van der Waals surface area (Å²) >= 11 is 12.8. The number of rotatable bonds is 7. The van der Waals surface area contributed by atoms with Crippen LogP contribution in [0.2, 0.25) is 10.0 Å². The van der Waals surface area contributed by atoms with Crippen LogP contribution in [0.4, 0.5) is 5.69 Å². The lowest BCUT2D eigenvalue weighted by atomic mass is 9.91. The molecule has 5 rings (SSSR count). The first-order chi connectivity index (χ1) is 18.4. The van der Waals surface area contributed by atoms with E-state index < -0.39 is 5.79 Å². The lowest BCUT2D eigenvalue weighted by Crippen LogP contribution is -2.48. The van der Waals surface area contributed by atoms with Gasteiger partial charge in [0.05, 0.1) is 11.6 Å². The van der Waals surface area contributed by atoms with Crippen LogP contribution in [0.25, 0.3) is 0 Å². The van der Waals surface area contributed by atoms with Crippen molar-refractivity contribution in [3.8, 4) is 5.75 Å². The van der Waals surface area contributed by atoms with Gasteiger partial charge >= 0.3 is 0 Å². The van der Waals surface area contributed by atoms with Gasteiger partial charge in [0.2, 0.25) is 5.91 Å². The van der Waals surface area contributed by atoms with E-state index in [4.69, 9.17) is 37.4 Å². The molecule has 3 aliphatic rings. The highest BCUT2D eigenvalue weighted by molar-refractivity contribution is 6.35. The maximum absolute atomic E-state index is 11.6. The van der Waals surface area contributed by atoms with Crippen molar-refractivity contribution in [3.63, 3.8) is 0 Å². The van der Waals surface area contributed by atoms with E-state index in [2.05, 4.69) is 28.1 Å². The predicted molar refractivity (Wildman–Crippen MR) is 150 cm³/mol. The Morgan fingerprint density at radius 3 is 2.66 bits per heavy atom. The zero-order chi connectivity index (χ0) is 26.5. The lowest BCUT2D eigenvalue weighted by Gasteiger charge is -2.35. The van der Waals surface area contributed by atoms with Crippen LogP contribution in [0.15, 0.2) is 59.7 Å². The summed E-state index contributed by atoms with van der Waals surface area (Å²) in [4.78, 5) is 20.1. The highest BCUT2D eigenvalue weighted by Crippen LogP contribution is 2.44. The highest BCUT2D eigenvalue weighted by atomic mass is 35.5. The number of hydrogen-bond donors (Lipinski definition) is 0. The summed E-state index contributed by atoms with van der Waals surface area (Å²) in [6, 6.07) is 13.5. The zero-order valence-electron chi connectivity index (χ0n) is 21.5. The van der Waals surface area contributed by atoms with E-state index in [9.17, 15) is 4.79 Å². The van der Waals surface area contributed by atoms with Crippen LogP contribution in [0.5, 0.6) is 5.75 Å². The molecule has 2 aromatic rings. The fourth-order valence-corrected chi connectivity index (χ4v) is 5.77. The fraction of sp³-hybridized carbons (Fsp3) is 0.448. The topological polar surface area (TPSA) is 63.6 Å². The second-order valence-electron chi connectivity index (χ2n) is 9.95. The van der Waals surface area contributed by atoms with Crippen LogP contribution < -0.4 is 9.64 Å². The first-order valence-electron chi connectivity index (χ1n) is 13.1. The molecule has 9 heteroatoms. The first kappa shape index (κ1) is 27.0. The molecule has 2 fully saturated rings. The Hall–Kier alpha value is -2.58. The largest absolute Gasteiger partial charge is 0.491 e. The van der Waals surface area contributed by atoms with Gasteiger partial charge in [-0.05, 0) is 55.2 Å². The van der Waals surface area contributed by atoms with Gasteiger partial charge in [-0.3, -0.25) is 9.79 Å². The van der Waals surface area contributed by atoms with Crippen molar-refractivity contribution < 1.29 is 19.0 Å². The molecule has 0 aromatic heterocycles. The van der Waals surface area contributed by atoms with Crippen molar-refractivity contribution in [1.29, 1.82) is 0 Å². The Morgan fingerprint density at radius 2 is 1.92 bits per heavy atom. The van der Waals surface area contributed by atoms with E-state index in [0.29, 0.717) is 29.7 Å². The van der Waals surface area contributed by atoms with Gasteiger partial charge in [-0.25, -0.2) is 0 Å². The van der Waals surface area contributed by atoms with Crippen LogP contribution in [-0.2, 0) is 20.1 Å². The highest BCUT2D eigenvalue weighted by Gasteiger charge is 2.46. The minimum atomic E-state index is -0.997.